The van der Waals surface area contributed by atoms with E-state index in [1.165, 1.54) is 12.1 Å². The molecule has 1 aliphatic heterocycles. The molecule has 0 spiro atoms. The van der Waals surface area contributed by atoms with Crippen LogP contribution < -0.4 is 4.90 Å². The summed E-state index contributed by atoms with van der Waals surface area (Å²) in [6.07, 6.45) is 2.86. The largest absolute Gasteiger partial charge is 0.416 e. The fourth-order valence-electron chi connectivity index (χ4n) is 4.25. The van der Waals surface area contributed by atoms with Crippen molar-refractivity contribution >= 4 is 22.4 Å². The number of hydrogen-bond donors (Lipinski definition) is 0. The van der Waals surface area contributed by atoms with E-state index in [4.69, 9.17) is 0 Å². The van der Waals surface area contributed by atoms with E-state index >= 15 is 0 Å². The van der Waals surface area contributed by atoms with Gasteiger partial charge in [-0.25, -0.2) is 0 Å². The average molecular weight is 444 g/mol. The number of hydrogen-bond acceptors (Lipinski definition) is 3. The fraction of sp³-hybridized carbons (Fsp3) is 0.400. The molecule has 7 heteroatoms. The van der Waals surface area contributed by atoms with Gasteiger partial charge in [-0.05, 0) is 48.4 Å². The monoisotopic (exact) mass is 443 g/mol. The second-order valence-electron chi connectivity index (χ2n) is 8.38. The van der Waals surface area contributed by atoms with Crippen LogP contribution in [0.5, 0.6) is 0 Å². The van der Waals surface area contributed by atoms with Gasteiger partial charge in [-0.1, -0.05) is 36.8 Å². The zero-order valence-electron chi connectivity index (χ0n) is 18.0. The van der Waals surface area contributed by atoms with Gasteiger partial charge in [0.15, 0.2) is 0 Å². The SMILES string of the molecule is O=C(CCCCCN1CCN(c2cccc(C(F)(F)F)c2)CC1)n1cc2ccccc2c1. The van der Waals surface area contributed by atoms with E-state index in [9.17, 15) is 18.0 Å². The molecule has 32 heavy (non-hydrogen) atoms. The molecule has 0 radical (unpaired) electrons. The molecular formula is C25H28F3N3O. The normalized spacial score (nSPS) is 15.4. The maximum atomic E-state index is 12.9. The molecular weight excluding hydrogens is 415 g/mol. The van der Waals surface area contributed by atoms with E-state index in [0.717, 1.165) is 68.8 Å². The maximum Gasteiger partial charge on any atom is 0.416 e. The summed E-state index contributed by atoms with van der Waals surface area (Å²) in [6, 6.07) is 13.5. The van der Waals surface area contributed by atoms with Crippen molar-refractivity contribution in [2.45, 2.75) is 31.9 Å². The number of fused-ring (bicyclic) bond motifs is 1. The van der Waals surface area contributed by atoms with Gasteiger partial charge in [0.2, 0.25) is 5.91 Å². The van der Waals surface area contributed by atoms with Crippen LogP contribution >= 0.6 is 0 Å². The highest BCUT2D eigenvalue weighted by molar-refractivity contribution is 5.89. The van der Waals surface area contributed by atoms with Crippen LogP contribution in [0.15, 0.2) is 60.9 Å². The molecule has 0 atom stereocenters. The second kappa shape index (κ2) is 9.77. The molecule has 0 amide bonds. The molecule has 0 bridgehead atoms. The third kappa shape index (κ3) is 5.51. The highest BCUT2D eigenvalue weighted by Crippen LogP contribution is 2.31. The first-order valence-electron chi connectivity index (χ1n) is 11.1. The van der Waals surface area contributed by atoms with Gasteiger partial charge in [0.25, 0.3) is 0 Å². The van der Waals surface area contributed by atoms with E-state index in [2.05, 4.69) is 4.90 Å². The molecule has 1 fully saturated rings. The molecule has 0 saturated carbocycles. The number of rotatable bonds is 7. The van der Waals surface area contributed by atoms with Crippen molar-refractivity contribution in [3.05, 3.63) is 66.5 Å². The zero-order chi connectivity index (χ0) is 22.6. The van der Waals surface area contributed by atoms with Crippen LogP contribution in [0.1, 0.15) is 36.0 Å². The number of unbranched alkanes of at least 4 members (excludes halogenated alkanes) is 2. The van der Waals surface area contributed by atoms with E-state index < -0.39 is 11.7 Å². The molecule has 1 aromatic heterocycles. The third-order valence-corrected chi connectivity index (χ3v) is 6.12. The predicted molar refractivity (Wildman–Crippen MR) is 121 cm³/mol. The summed E-state index contributed by atoms with van der Waals surface area (Å²) in [5, 5.41) is 2.15. The highest BCUT2D eigenvalue weighted by atomic mass is 19.4. The topological polar surface area (TPSA) is 28.5 Å². The molecule has 2 aromatic carbocycles. The van der Waals surface area contributed by atoms with Gasteiger partial charge in [0.1, 0.15) is 0 Å². The van der Waals surface area contributed by atoms with Gasteiger partial charge in [-0.15, -0.1) is 0 Å². The number of halogens is 3. The molecule has 4 nitrogen and oxygen atoms in total. The summed E-state index contributed by atoms with van der Waals surface area (Å²) in [4.78, 5) is 16.8. The molecule has 4 rings (SSSR count). The van der Waals surface area contributed by atoms with E-state index in [1.54, 1.807) is 10.6 Å². The number of benzene rings is 2. The van der Waals surface area contributed by atoms with Crippen LogP contribution in [0, 0.1) is 0 Å². The minimum Gasteiger partial charge on any atom is -0.369 e. The minimum absolute atomic E-state index is 0.121. The van der Waals surface area contributed by atoms with Gasteiger partial charge in [-0.2, -0.15) is 13.2 Å². The standard InChI is InChI=1S/C25H28F3N3O/c26-25(27,28)22-9-6-10-23(17-22)30-15-13-29(14-16-30)12-5-1-2-11-24(32)31-18-20-7-3-4-8-21(20)19-31/h3-4,6-10,17-19H,1-2,5,11-16H2. The second-order valence-corrected chi connectivity index (χ2v) is 8.38. The van der Waals surface area contributed by atoms with Crippen LogP contribution in [-0.4, -0.2) is 48.1 Å². The molecule has 0 N–H and O–H groups in total. The lowest BCUT2D eigenvalue weighted by Crippen LogP contribution is -2.46. The quantitative estimate of drug-likeness (QED) is 0.440. The summed E-state index contributed by atoms with van der Waals surface area (Å²) in [5.41, 5.74) is 0.0376. The maximum absolute atomic E-state index is 12.9. The molecule has 170 valence electrons. The minimum atomic E-state index is -4.31. The summed E-state index contributed by atoms with van der Waals surface area (Å²) >= 11 is 0. The Kier molecular flexibility index (Phi) is 6.84. The van der Waals surface area contributed by atoms with Crippen LogP contribution in [0.25, 0.3) is 10.8 Å². The van der Waals surface area contributed by atoms with E-state index in [1.807, 2.05) is 41.6 Å². The van der Waals surface area contributed by atoms with Crippen molar-refractivity contribution in [2.75, 3.05) is 37.6 Å². The summed E-state index contributed by atoms with van der Waals surface area (Å²) in [5.74, 6) is 0.121. The van der Waals surface area contributed by atoms with E-state index in [0.29, 0.717) is 12.1 Å². The first-order valence-corrected chi connectivity index (χ1v) is 11.1. The highest BCUT2D eigenvalue weighted by Gasteiger charge is 2.31. The van der Waals surface area contributed by atoms with Crippen molar-refractivity contribution in [1.82, 2.24) is 9.47 Å². The van der Waals surface area contributed by atoms with Crippen LogP contribution in [0.2, 0.25) is 0 Å². The number of aromatic nitrogens is 1. The van der Waals surface area contributed by atoms with Gasteiger partial charge >= 0.3 is 6.18 Å². The Balaban J connectivity index is 1.15. The van der Waals surface area contributed by atoms with Crippen molar-refractivity contribution in [3.63, 3.8) is 0 Å². The lowest BCUT2D eigenvalue weighted by Gasteiger charge is -2.36. The van der Waals surface area contributed by atoms with Gasteiger partial charge in [0, 0.05) is 50.7 Å². The first-order chi connectivity index (χ1) is 15.4. The van der Waals surface area contributed by atoms with Crippen molar-refractivity contribution in [3.8, 4) is 0 Å². The van der Waals surface area contributed by atoms with Gasteiger partial charge in [0.05, 0.1) is 5.56 Å². The Labute approximate surface area is 186 Å². The van der Waals surface area contributed by atoms with Crippen LogP contribution in [-0.2, 0) is 6.18 Å². The Morgan fingerprint density at radius 1 is 0.844 bits per heavy atom. The van der Waals surface area contributed by atoms with Gasteiger partial charge < -0.3 is 4.90 Å². The number of alkyl halides is 3. The Morgan fingerprint density at radius 3 is 2.19 bits per heavy atom. The van der Waals surface area contributed by atoms with Crippen molar-refractivity contribution < 1.29 is 18.0 Å². The van der Waals surface area contributed by atoms with Crippen LogP contribution in [0.3, 0.4) is 0 Å². The Hall–Kier alpha value is -2.80. The molecule has 0 unspecified atom stereocenters. The summed E-state index contributed by atoms with van der Waals surface area (Å²) in [6.45, 7) is 4.08. The zero-order valence-corrected chi connectivity index (χ0v) is 18.0. The fourth-order valence-corrected chi connectivity index (χ4v) is 4.25. The van der Waals surface area contributed by atoms with Crippen molar-refractivity contribution in [2.24, 2.45) is 0 Å². The number of piperazine rings is 1. The molecule has 3 aromatic rings. The predicted octanol–water partition coefficient (Wildman–Crippen LogP) is 5.68. The first kappa shape index (κ1) is 22.4. The summed E-state index contributed by atoms with van der Waals surface area (Å²) in [7, 11) is 0. The molecule has 1 saturated heterocycles. The Bertz CT molecular complexity index is 1020. The third-order valence-electron chi connectivity index (χ3n) is 6.12. The van der Waals surface area contributed by atoms with Crippen LogP contribution in [0.4, 0.5) is 18.9 Å². The van der Waals surface area contributed by atoms with Crippen molar-refractivity contribution in [1.29, 1.82) is 0 Å². The molecule has 2 heterocycles. The lowest BCUT2D eigenvalue weighted by molar-refractivity contribution is -0.137. The number of carbonyl (C=O) groups excluding carboxylic acids is 1. The van der Waals surface area contributed by atoms with Gasteiger partial charge in [-0.3, -0.25) is 14.3 Å². The Morgan fingerprint density at radius 2 is 1.53 bits per heavy atom. The molecule has 0 aliphatic carbocycles. The lowest BCUT2D eigenvalue weighted by atomic mass is 10.1. The smallest absolute Gasteiger partial charge is 0.369 e. The molecule has 1 aliphatic rings. The number of anilines is 1. The number of nitrogens with zero attached hydrogens (tertiary/aromatic N) is 3. The average Bonchev–Trinajstić information content (AvgIpc) is 3.23. The van der Waals surface area contributed by atoms with E-state index in [-0.39, 0.29) is 5.91 Å². The summed E-state index contributed by atoms with van der Waals surface area (Å²) < 4.78 is 40.5. The number of carbonyl (C=O) groups is 1.